The molecule has 1 aliphatic carbocycles. The molecule has 3 nitrogen and oxygen atoms in total. The van der Waals surface area contributed by atoms with Gasteiger partial charge in [-0.15, -0.1) is 0 Å². The van der Waals surface area contributed by atoms with Gasteiger partial charge in [0, 0.05) is 27.5 Å². The van der Waals surface area contributed by atoms with Crippen molar-refractivity contribution in [2.45, 2.75) is 0 Å². The summed E-state index contributed by atoms with van der Waals surface area (Å²) in [6.45, 7) is 0. The summed E-state index contributed by atoms with van der Waals surface area (Å²) in [5.74, 6) is -0.337. The molecule has 0 N–H and O–H groups in total. The van der Waals surface area contributed by atoms with E-state index >= 15 is 0 Å². The molecule has 0 fully saturated rings. The summed E-state index contributed by atoms with van der Waals surface area (Å²) in [6.07, 6.45) is 6.04. The lowest BCUT2D eigenvalue weighted by Crippen LogP contribution is -2.20. The first-order valence-corrected chi connectivity index (χ1v) is 12.7. The van der Waals surface area contributed by atoms with Crippen molar-refractivity contribution in [2.24, 2.45) is 0 Å². The summed E-state index contributed by atoms with van der Waals surface area (Å²) in [4.78, 5) is 28.1. The van der Waals surface area contributed by atoms with Gasteiger partial charge in [0.25, 0.3) is 0 Å². The average Bonchev–Trinajstić information content (AvgIpc) is 3.44. The molecule has 0 bridgehead atoms. The van der Waals surface area contributed by atoms with Crippen LogP contribution in [0.15, 0.2) is 131 Å². The molecule has 0 atom stereocenters. The van der Waals surface area contributed by atoms with E-state index in [9.17, 15) is 9.59 Å². The number of carbonyl (C=O) groups excluding carboxylic acids is 2. The van der Waals surface area contributed by atoms with Crippen LogP contribution in [0.1, 0.15) is 20.7 Å². The van der Waals surface area contributed by atoms with Gasteiger partial charge in [0.2, 0.25) is 0 Å². The van der Waals surface area contributed by atoms with E-state index < -0.39 is 9.52 Å². The van der Waals surface area contributed by atoms with Crippen LogP contribution in [0.5, 0.6) is 0 Å². The number of benzene rings is 4. The predicted molar refractivity (Wildman–Crippen MR) is 140 cm³/mol. The molecule has 4 aromatic rings. The highest BCUT2D eigenvalue weighted by molar-refractivity contribution is 6.58. The monoisotopic (exact) mass is 455 g/mol. The number of rotatable bonds is 4. The van der Waals surface area contributed by atoms with Gasteiger partial charge in [-0.25, -0.2) is 0 Å². The summed E-state index contributed by atoms with van der Waals surface area (Å²) in [6, 6.07) is 32.2. The summed E-state index contributed by atoms with van der Waals surface area (Å²) >= 11 is 0. The fraction of sp³-hybridized carbons (Fsp3) is 0. The Labute approximate surface area is 200 Å². The van der Waals surface area contributed by atoms with Gasteiger partial charge in [0.15, 0.2) is 11.6 Å². The molecular formula is C30H21NO2Si. The SMILES string of the molecule is O=C1C(=CC2=CC=C(N(c3ccccc3)c3cccc4ccccc34)[SiH2]2)C(=O)c2ccccc21. The largest absolute Gasteiger partial charge is 0.318 e. The molecule has 162 valence electrons. The maximum absolute atomic E-state index is 12.9. The van der Waals surface area contributed by atoms with Crippen LogP contribution in [0.2, 0.25) is 0 Å². The molecule has 0 saturated carbocycles. The van der Waals surface area contributed by atoms with Crippen molar-refractivity contribution in [1.29, 1.82) is 0 Å². The number of anilines is 2. The van der Waals surface area contributed by atoms with Crippen LogP contribution in [0, 0.1) is 0 Å². The summed E-state index contributed by atoms with van der Waals surface area (Å²) in [5.41, 5.74) is 3.53. The van der Waals surface area contributed by atoms with E-state index in [1.54, 1.807) is 24.3 Å². The highest BCUT2D eigenvalue weighted by Gasteiger charge is 2.33. The van der Waals surface area contributed by atoms with Crippen LogP contribution in [0.3, 0.4) is 0 Å². The third-order valence-electron chi connectivity index (χ3n) is 6.42. The lowest BCUT2D eigenvalue weighted by molar-refractivity contribution is 0.0988. The second-order valence-electron chi connectivity index (χ2n) is 8.51. The molecule has 0 saturated heterocycles. The van der Waals surface area contributed by atoms with Crippen molar-refractivity contribution in [2.75, 3.05) is 4.90 Å². The Kier molecular flexibility index (Phi) is 4.93. The molecular weight excluding hydrogens is 434 g/mol. The standard InChI is InChI=1S/C30H21NO2Si/c32-29-24-14-6-7-15-25(24)30(33)26(29)19-22-17-18-28(34-22)31(21-11-2-1-3-12-21)27-16-8-10-20-9-4-5-13-23(20)27/h1-19H,34H2. The molecule has 4 aromatic carbocycles. The first kappa shape index (κ1) is 20.3. The Hall–Kier alpha value is -4.28. The van der Waals surface area contributed by atoms with E-state index in [-0.39, 0.29) is 17.1 Å². The maximum Gasteiger partial charge on any atom is 0.197 e. The van der Waals surface area contributed by atoms with Crippen LogP contribution in [0.25, 0.3) is 10.8 Å². The quantitative estimate of drug-likeness (QED) is 0.219. The number of ketones is 2. The number of fused-ring (bicyclic) bond motifs is 2. The Morgan fingerprint density at radius 3 is 2.06 bits per heavy atom. The van der Waals surface area contributed by atoms with Gasteiger partial charge in [0.05, 0.1) is 11.3 Å². The van der Waals surface area contributed by atoms with Gasteiger partial charge in [-0.1, -0.05) is 90.1 Å². The second kappa shape index (κ2) is 8.25. The highest BCUT2D eigenvalue weighted by atomic mass is 28.2. The van der Waals surface area contributed by atoms with E-state index in [2.05, 4.69) is 71.6 Å². The van der Waals surface area contributed by atoms with Crippen LogP contribution in [0.4, 0.5) is 11.4 Å². The van der Waals surface area contributed by atoms with E-state index in [0.29, 0.717) is 11.1 Å². The molecule has 4 heteroatoms. The first-order chi connectivity index (χ1) is 16.7. The van der Waals surface area contributed by atoms with Gasteiger partial charge in [0.1, 0.15) is 9.52 Å². The average molecular weight is 456 g/mol. The van der Waals surface area contributed by atoms with Gasteiger partial charge in [-0.3, -0.25) is 9.59 Å². The van der Waals surface area contributed by atoms with E-state index in [0.717, 1.165) is 16.6 Å². The lowest BCUT2D eigenvalue weighted by Gasteiger charge is -2.28. The second-order valence-corrected chi connectivity index (χ2v) is 10.4. The van der Waals surface area contributed by atoms with Crippen molar-refractivity contribution in [3.05, 3.63) is 143 Å². The zero-order valence-corrected chi connectivity index (χ0v) is 19.9. The fourth-order valence-corrected chi connectivity index (χ4v) is 6.52. The van der Waals surface area contributed by atoms with Crippen LogP contribution in [-0.2, 0) is 0 Å². The molecule has 0 amide bonds. The minimum absolute atomic E-state index is 0.169. The minimum Gasteiger partial charge on any atom is -0.318 e. The Bertz CT molecular complexity index is 1520. The Morgan fingerprint density at radius 2 is 1.29 bits per heavy atom. The van der Waals surface area contributed by atoms with Crippen LogP contribution < -0.4 is 4.90 Å². The van der Waals surface area contributed by atoms with Crippen molar-refractivity contribution in [3.8, 4) is 0 Å². The molecule has 34 heavy (non-hydrogen) atoms. The Morgan fingerprint density at radius 1 is 0.647 bits per heavy atom. The molecule has 0 radical (unpaired) electrons. The van der Waals surface area contributed by atoms with Crippen molar-refractivity contribution < 1.29 is 9.59 Å². The van der Waals surface area contributed by atoms with Crippen LogP contribution >= 0.6 is 0 Å². The van der Waals surface area contributed by atoms with Crippen molar-refractivity contribution >= 4 is 43.2 Å². The molecule has 0 spiro atoms. The van der Waals surface area contributed by atoms with E-state index in [1.165, 1.54) is 16.1 Å². The minimum atomic E-state index is -0.927. The summed E-state index contributed by atoms with van der Waals surface area (Å²) in [7, 11) is -0.927. The first-order valence-electron chi connectivity index (χ1n) is 11.3. The van der Waals surface area contributed by atoms with Gasteiger partial charge in [-0.2, -0.15) is 0 Å². The van der Waals surface area contributed by atoms with E-state index in [4.69, 9.17) is 0 Å². The molecule has 2 aliphatic rings. The van der Waals surface area contributed by atoms with Gasteiger partial charge < -0.3 is 4.90 Å². The Balaban J connectivity index is 1.37. The normalized spacial score (nSPS) is 15.5. The zero-order chi connectivity index (χ0) is 23.1. The summed E-state index contributed by atoms with van der Waals surface area (Å²) < 4.78 is 0. The van der Waals surface area contributed by atoms with Crippen molar-refractivity contribution in [1.82, 2.24) is 0 Å². The number of carbonyl (C=O) groups is 2. The number of Topliss-reactive ketones (excluding diaryl/α,β-unsaturated/α-hetero) is 2. The van der Waals surface area contributed by atoms with Gasteiger partial charge >= 0.3 is 0 Å². The summed E-state index contributed by atoms with van der Waals surface area (Å²) in [5, 5.41) is 4.69. The molecule has 0 unspecified atom stereocenters. The lowest BCUT2D eigenvalue weighted by atomic mass is 10.1. The van der Waals surface area contributed by atoms with Gasteiger partial charge in [-0.05, 0) is 35.7 Å². The molecule has 0 aromatic heterocycles. The topological polar surface area (TPSA) is 37.4 Å². The third kappa shape index (κ3) is 3.36. The predicted octanol–water partition coefficient (Wildman–Crippen LogP) is 5.89. The number of allylic oxidation sites excluding steroid dienone is 5. The number of nitrogens with zero attached hydrogens (tertiary/aromatic N) is 1. The molecule has 1 aliphatic heterocycles. The van der Waals surface area contributed by atoms with Crippen LogP contribution in [-0.4, -0.2) is 21.1 Å². The number of hydrogen-bond acceptors (Lipinski definition) is 3. The number of hydrogen-bond donors (Lipinski definition) is 0. The highest BCUT2D eigenvalue weighted by Crippen LogP contribution is 2.37. The maximum atomic E-state index is 12.9. The fourth-order valence-electron chi connectivity index (χ4n) is 4.81. The zero-order valence-electron chi connectivity index (χ0n) is 18.4. The third-order valence-corrected chi connectivity index (χ3v) is 8.18. The van der Waals surface area contributed by atoms with Crippen molar-refractivity contribution in [3.63, 3.8) is 0 Å². The van der Waals surface area contributed by atoms with E-state index in [1.807, 2.05) is 24.3 Å². The molecule has 1 heterocycles. The number of para-hydroxylation sites is 1. The molecule has 6 rings (SSSR count). The smallest absolute Gasteiger partial charge is 0.197 e.